The fraction of sp³-hybridized carbons (Fsp3) is 0.217. The number of rotatable bonds is 6. The van der Waals surface area contributed by atoms with E-state index in [2.05, 4.69) is 46.3 Å². The largest absolute Gasteiger partial charge is 0.497 e. The van der Waals surface area contributed by atoms with Crippen molar-refractivity contribution < 1.29 is 14.3 Å². The molecule has 1 N–H and O–H groups in total. The van der Waals surface area contributed by atoms with Crippen LogP contribution in [0, 0.1) is 20.8 Å². The fourth-order valence-corrected chi connectivity index (χ4v) is 3.17. The lowest BCUT2D eigenvalue weighted by molar-refractivity contribution is 0.0954. The third kappa shape index (κ3) is 4.48. The first-order valence-corrected chi connectivity index (χ1v) is 9.25. The Labute approximate surface area is 170 Å². The van der Waals surface area contributed by atoms with Gasteiger partial charge in [-0.15, -0.1) is 0 Å². The molecule has 3 rings (SSSR count). The van der Waals surface area contributed by atoms with Crippen molar-refractivity contribution in [2.45, 2.75) is 20.8 Å². The number of hydrogen-bond acceptors (Lipinski definition) is 4. The van der Waals surface area contributed by atoms with Gasteiger partial charge in [0, 0.05) is 34.3 Å². The number of hydrazone groups is 1. The Bertz CT molecular complexity index is 1030. The molecule has 29 heavy (non-hydrogen) atoms. The lowest BCUT2D eigenvalue weighted by Crippen LogP contribution is -2.17. The monoisotopic (exact) mass is 391 g/mol. The smallest absolute Gasteiger partial charge is 0.271 e. The minimum atomic E-state index is -0.342. The predicted molar refractivity (Wildman–Crippen MR) is 115 cm³/mol. The molecular weight excluding hydrogens is 366 g/mol. The summed E-state index contributed by atoms with van der Waals surface area (Å²) in [6, 6.07) is 15.4. The number of ether oxygens (including phenoxy) is 2. The zero-order chi connectivity index (χ0) is 21.0. The van der Waals surface area contributed by atoms with E-state index in [1.807, 2.05) is 19.9 Å². The van der Waals surface area contributed by atoms with Crippen molar-refractivity contribution in [3.8, 4) is 17.2 Å². The number of hydrogen-bond donors (Lipinski definition) is 1. The molecule has 3 aromatic rings. The lowest BCUT2D eigenvalue weighted by atomic mass is 10.2. The summed E-state index contributed by atoms with van der Waals surface area (Å²) in [6.45, 7) is 6.14. The van der Waals surface area contributed by atoms with Gasteiger partial charge >= 0.3 is 0 Å². The normalized spacial score (nSPS) is 10.9. The molecule has 0 radical (unpaired) electrons. The van der Waals surface area contributed by atoms with E-state index >= 15 is 0 Å². The molecule has 2 aromatic carbocycles. The molecule has 0 atom stereocenters. The van der Waals surface area contributed by atoms with Gasteiger partial charge in [-0.1, -0.05) is 17.7 Å². The van der Waals surface area contributed by atoms with Crippen LogP contribution in [0.4, 0.5) is 0 Å². The second kappa shape index (κ2) is 8.65. The topological polar surface area (TPSA) is 64.8 Å². The molecule has 6 nitrogen and oxygen atoms in total. The van der Waals surface area contributed by atoms with E-state index in [-0.39, 0.29) is 5.91 Å². The van der Waals surface area contributed by atoms with E-state index in [9.17, 15) is 4.79 Å². The number of methoxy groups -OCH3 is 2. The fourth-order valence-electron chi connectivity index (χ4n) is 3.17. The zero-order valence-corrected chi connectivity index (χ0v) is 17.3. The highest BCUT2D eigenvalue weighted by molar-refractivity contribution is 5.95. The SMILES string of the molecule is COc1cc(OC)cc(C(=O)N/N=C/c2cc(C)n(-c3ccc(C)cc3)c2C)c1. The Hall–Kier alpha value is -3.54. The lowest BCUT2D eigenvalue weighted by Gasteiger charge is -2.09. The standard InChI is InChI=1S/C23H25N3O3/c1-15-6-8-20(9-7-15)26-16(2)10-19(17(26)3)14-24-25-23(27)18-11-21(28-4)13-22(12-18)29-5/h6-14H,1-5H3,(H,25,27)/b24-14+. The third-order valence-corrected chi connectivity index (χ3v) is 4.75. The maximum Gasteiger partial charge on any atom is 0.271 e. The van der Waals surface area contributed by atoms with Gasteiger partial charge in [0.25, 0.3) is 5.91 Å². The average molecular weight is 391 g/mol. The van der Waals surface area contributed by atoms with Gasteiger partial charge in [0.2, 0.25) is 0 Å². The number of carbonyl (C=O) groups is 1. The van der Waals surface area contributed by atoms with E-state index < -0.39 is 0 Å². The van der Waals surface area contributed by atoms with Crippen LogP contribution in [0.25, 0.3) is 5.69 Å². The molecule has 0 fully saturated rings. The van der Waals surface area contributed by atoms with Crippen molar-refractivity contribution in [3.63, 3.8) is 0 Å². The average Bonchev–Trinajstić information content (AvgIpc) is 3.01. The molecule has 1 heterocycles. The van der Waals surface area contributed by atoms with Gasteiger partial charge in [-0.3, -0.25) is 4.79 Å². The van der Waals surface area contributed by atoms with Gasteiger partial charge in [0.15, 0.2) is 0 Å². The van der Waals surface area contributed by atoms with Gasteiger partial charge < -0.3 is 14.0 Å². The number of nitrogens with one attached hydrogen (secondary N) is 1. The molecule has 6 heteroatoms. The second-order valence-electron chi connectivity index (χ2n) is 6.80. The minimum absolute atomic E-state index is 0.342. The van der Waals surface area contributed by atoms with Crippen molar-refractivity contribution in [1.29, 1.82) is 0 Å². The number of amides is 1. The first-order chi connectivity index (χ1) is 13.9. The maximum absolute atomic E-state index is 12.4. The van der Waals surface area contributed by atoms with Crippen LogP contribution in [0.2, 0.25) is 0 Å². The van der Waals surface area contributed by atoms with Crippen LogP contribution in [0.15, 0.2) is 53.6 Å². The van der Waals surface area contributed by atoms with Crippen LogP contribution in [0.5, 0.6) is 11.5 Å². The number of aryl methyl sites for hydroxylation is 2. The summed E-state index contributed by atoms with van der Waals surface area (Å²) in [4.78, 5) is 12.4. The number of aromatic nitrogens is 1. The predicted octanol–water partition coefficient (Wildman–Crippen LogP) is 4.18. The second-order valence-corrected chi connectivity index (χ2v) is 6.80. The summed E-state index contributed by atoms with van der Waals surface area (Å²) in [5, 5.41) is 4.13. The summed E-state index contributed by atoms with van der Waals surface area (Å²) in [5.41, 5.74) is 8.36. The quantitative estimate of drug-likeness (QED) is 0.506. The van der Waals surface area contributed by atoms with E-state index in [1.165, 1.54) is 5.56 Å². The van der Waals surface area contributed by atoms with Crippen LogP contribution in [0.1, 0.15) is 32.9 Å². The molecule has 0 aliphatic carbocycles. The highest BCUT2D eigenvalue weighted by Crippen LogP contribution is 2.23. The van der Waals surface area contributed by atoms with Crippen molar-refractivity contribution >= 4 is 12.1 Å². The highest BCUT2D eigenvalue weighted by atomic mass is 16.5. The van der Waals surface area contributed by atoms with E-state index in [0.29, 0.717) is 17.1 Å². The summed E-state index contributed by atoms with van der Waals surface area (Å²) in [6.07, 6.45) is 1.66. The molecule has 0 bridgehead atoms. The summed E-state index contributed by atoms with van der Waals surface area (Å²) >= 11 is 0. The van der Waals surface area contributed by atoms with Crippen LogP contribution < -0.4 is 14.9 Å². The van der Waals surface area contributed by atoms with Crippen LogP contribution in [-0.2, 0) is 0 Å². The number of carbonyl (C=O) groups excluding carboxylic acids is 1. The van der Waals surface area contributed by atoms with Crippen molar-refractivity contribution in [1.82, 2.24) is 9.99 Å². The van der Waals surface area contributed by atoms with Gasteiger partial charge in [-0.05, 0) is 51.1 Å². The van der Waals surface area contributed by atoms with E-state index in [0.717, 1.165) is 22.6 Å². The van der Waals surface area contributed by atoms with E-state index in [1.54, 1.807) is 38.6 Å². The number of benzene rings is 2. The highest BCUT2D eigenvalue weighted by Gasteiger charge is 2.11. The number of nitrogens with zero attached hydrogens (tertiary/aromatic N) is 2. The Morgan fingerprint density at radius 2 is 1.59 bits per heavy atom. The van der Waals surface area contributed by atoms with Crippen LogP contribution >= 0.6 is 0 Å². The first kappa shape index (κ1) is 20.2. The molecule has 0 unspecified atom stereocenters. The maximum atomic E-state index is 12.4. The van der Waals surface area contributed by atoms with E-state index in [4.69, 9.17) is 9.47 Å². The molecule has 0 saturated carbocycles. The zero-order valence-electron chi connectivity index (χ0n) is 17.3. The summed E-state index contributed by atoms with van der Waals surface area (Å²) in [7, 11) is 3.08. The van der Waals surface area contributed by atoms with Gasteiger partial charge in [0.1, 0.15) is 11.5 Å². The molecule has 0 saturated heterocycles. The Kier molecular flexibility index (Phi) is 6.02. The van der Waals surface area contributed by atoms with Gasteiger partial charge in [0.05, 0.1) is 20.4 Å². The summed E-state index contributed by atoms with van der Waals surface area (Å²) < 4.78 is 12.6. The molecule has 0 aliphatic heterocycles. The molecule has 0 aliphatic rings. The van der Waals surface area contributed by atoms with Crippen LogP contribution in [0.3, 0.4) is 0 Å². The van der Waals surface area contributed by atoms with Gasteiger partial charge in [-0.25, -0.2) is 5.43 Å². The molecule has 1 amide bonds. The van der Waals surface area contributed by atoms with Crippen molar-refractivity contribution in [2.75, 3.05) is 14.2 Å². The van der Waals surface area contributed by atoms with Crippen LogP contribution in [-0.4, -0.2) is 30.9 Å². The van der Waals surface area contributed by atoms with Gasteiger partial charge in [-0.2, -0.15) is 5.10 Å². The molecule has 1 aromatic heterocycles. The first-order valence-electron chi connectivity index (χ1n) is 9.25. The Morgan fingerprint density at radius 1 is 0.966 bits per heavy atom. The summed E-state index contributed by atoms with van der Waals surface area (Å²) in [5.74, 6) is 0.742. The molecule has 150 valence electrons. The molecule has 0 spiro atoms. The van der Waals surface area contributed by atoms with Crippen molar-refractivity contribution in [2.24, 2.45) is 5.10 Å². The Balaban J connectivity index is 1.78. The minimum Gasteiger partial charge on any atom is -0.497 e. The molecular formula is C23H25N3O3. The Morgan fingerprint density at radius 3 is 2.17 bits per heavy atom. The van der Waals surface area contributed by atoms with Crippen molar-refractivity contribution in [3.05, 3.63) is 76.6 Å². The third-order valence-electron chi connectivity index (χ3n) is 4.75.